The number of benzene rings is 1. The Balaban J connectivity index is 0.00000280. The van der Waals surface area contributed by atoms with Gasteiger partial charge in [0.05, 0.1) is 13.7 Å². The summed E-state index contributed by atoms with van der Waals surface area (Å²) in [6.45, 7) is 9.42. The lowest BCUT2D eigenvalue weighted by molar-refractivity contribution is 0.415. The zero-order valence-electron chi connectivity index (χ0n) is 17.4. The predicted molar refractivity (Wildman–Crippen MR) is 133 cm³/mol. The van der Waals surface area contributed by atoms with Gasteiger partial charge >= 0.3 is 0 Å². The van der Waals surface area contributed by atoms with Gasteiger partial charge in [0.2, 0.25) is 0 Å². The van der Waals surface area contributed by atoms with Crippen LogP contribution in [0.2, 0.25) is 0 Å². The van der Waals surface area contributed by atoms with E-state index in [4.69, 9.17) is 9.73 Å². The molecule has 158 valence electrons. The third-order valence-electron chi connectivity index (χ3n) is 5.48. The smallest absolute Gasteiger partial charge is 0.191 e. The molecule has 0 spiro atoms. The number of thioether (sulfide) groups is 1. The Morgan fingerprint density at radius 1 is 1.39 bits per heavy atom. The maximum absolute atomic E-state index is 5.36. The molecular formula is C21H35IN4OS. The van der Waals surface area contributed by atoms with Gasteiger partial charge in [-0.3, -0.25) is 4.99 Å². The number of nitrogens with zero attached hydrogens (tertiary/aromatic N) is 2. The number of rotatable bonds is 7. The van der Waals surface area contributed by atoms with Crippen LogP contribution < -0.4 is 20.3 Å². The predicted octanol–water partition coefficient (Wildman–Crippen LogP) is 3.98. The molecule has 2 aliphatic rings. The van der Waals surface area contributed by atoms with Crippen LogP contribution >= 0.6 is 35.7 Å². The van der Waals surface area contributed by atoms with Crippen molar-refractivity contribution in [2.24, 2.45) is 10.9 Å². The van der Waals surface area contributed by atoms with Crippen LogP contribution in [-0.4, -0.2) is 56.3 Å². The summed E-state index contributed by atoms with van der Waals surface area (Å²) in [5, 5.41) is 6.98. The van der Waals surface area contributed by atoms with Crippen molar-refractivity contribution in [3.8, 4) is 5.75 Å². The highest BCUT2D eigenvalue weighted by molar-refractivity contribution is 14.0. The lowest BCUT2D eigenvalue weighted by Crippen LogP contribution is -2.41. The van der Waals surface area contributed by atoms with Gasteiger partial charge in [0.15, 0.2) is 5.96 Å². The number of guanidine groups is 1. The van der Waals surface area contributed by atoms with Crippen LogP contribution in [0.1, 0.15) is 33.1 Å². The molecule has 2 fully saturated rings. The van der Waals surface area contributed by atoms with Crippen molar-refractivity contribution >= 4 is 47.4 Å². The summed E-state index contributed by atoms with van der Waals surface area (Å²) in [7, 11) is 1.72. The third kappa shape index (κ3) is 6.61. The van der Waals surface area contributed by atoms with Crippen molar-refractivity contribution in [2.45, 2.75) is 37.9 Å². The van der Waals surface area contributed by atoms with E-state index >= 15 is 0 Å². The van der Waals surface area contributed by atoms with E-state index in [1.54, 1.807) is 7.11 Å². The average molecular weight is 519 g/mol. The Hall–Kier alpha value is -0.830. The SMILES string of the molecule is CCNC(=NCC1(C)CCCS1)NCC1CCN(c2cccc(OC)c2)C1.I. The van der Waals surface area contributed by atoms with Gasteiger partial charge in [-0.25, -0.2) is 0 Å². The highest BCUT2D eigenvalue weighted by Crippen LogP contribution is 2.37. The van der Waals surface area contributed by atoms with Gasteiger partial charge in [-0.1, -0.05) is 6.07 Å². The van der Waals surface area contributed by atoms with Crippen molar-refractivity contribution < 1.29 is 4.74 Å². The van der Waals surface area contributed by atoms with Crippen LogP contribution in [0.25, 0.3) is 0 Å². The van der Waals surface area contributed by atoms with E-state index in [1.807, 2.05) is 6.07 Å². The highest BCUT2D eigenvalue weighted by atomic mass is 127. The molecule has 5 nitrogen and oxygen atoms in total. The first-order valence-corrected chi connectivity index (χ1v) is 11.2. The fourth-order valence-electron chi connectivity index (χ4n) is 3.83. The fourth-order valence-corrected chi connectivity index (χ4v) is 5.06. The summed E-state index contributed by atoms with van der Waals surface area (Å²) < 4.78 is 5.68. The Kier molecular flexibility index (Phi) is 9.53. The molecule has 7 heteroatoms. The Bertz CT molecular complexity index is 637. The van der Waals surface area contributed by atoms with Crippen molar-refractivity contribution in [2.75, 3.05) is 50.5 Å². The second-order valence-corrected chi connectivity index (χ2v) is 9.46. The minimum absolute atomic E-state index is 0. The molecular weight excluding hydrogens is 483 g/mol. The molecule has 2 N–H and O–H groups in total. The van der Waals surface area contributed by atoms with Crippen molar-refractivity contribution in [1.29, 1.82) is 0 Å². The quantitative estimate of drug-likeness (QED) is 0.325. The summed E-state index contributed by atoms with van der Waals surface area (Å²) in [6, 6.07) is 8.36. The first-order valence-electron chi connectivity index (χ1n) is 10.2. The molecule has 1 aromatic rings. The molecule has 0 aromatic heterocycles. The van der Waals surface area contributed by atoms with Crippen molar-refractivity contribution in [3.05, 3.63) is 24.3 Å². The van der Waals surface area contributed by atoms with Crippen LogP contribution in [0, 0.1) is 5.92 Å². The number of hydrogen-bond donors (Lipinski definition) is 2. The van der Waals surface area contributed by atoms with Crippen LogP contribution in [-0.2, 0) is 0 Å². The van der Waals surface area contributed by atoms with Crippen LogP contribution in [0.3, 0.4) is 0 Å². The average Bonchev–Trinajstić information content (AvgIpc) is 3.34. The van der Waals surface area contributed by atoms with E-state index in [1.165, 1.54) is 30.7 Å². The van der Waals surface area contributed by atoms with E-state index in [0.29, 0.717) is 10.7 Å². The lowest BCUT2D eigenvalue weighted by atomic mass is 10.1. The number of aliphatic imine (C=N–C) groups is 1. The maximum Gasteiger partial charge on any atom is 0.191 e. The number of hydrogen-bond acceptors (Lipinski definition) is 4. The Labute approximate surface area is 191 Å². The highest BCUT2D eigenvalue weighted by Gasteiger charge is 2.29. The van der Waals surface area contributed by atoms with Crippen molar-refractivity contribution in [1.82, 2.24) is 10.6 Å². The second kappa shape index (κ2) is 11.4. The van der Waals surface area contributed by atoms with Gasteiger partial charge in [0.1, 0.15) is 5.75 Å². The molecule has 3 rings (SSSR count). The monoisotopic (exact) mass is 518 g/mol. The van der Waals surface area contributed by atoms with E-state index in [-0.39, 0.29) is 24.0 Å². The van der Waals surface area contributed by atoms with E-state index in [2.05, 4.69) is 59.3 Å². The molecule has 0 amide bonds. The van der Waals surface area contributed by atoms with Crippen LogP contribution in [0.15, 0.2) is 29.3 Å². The molecule has 1 aromatic carbocycles. The molecule has 0 radical (unpaired) electrons. The first-order chi connectivity index (χ1) is 13.1. The molecule has 0 saturated carbocycles. The number of nitrogens with one attached hydrogen (secondary N) is 2. The number of anilines is 1. The molecule has 28 heavy (non-hydrogen) atoms. The minimum Gasteiger partial charge on any atom is -0.497 e. The topological polar surface area (TPSA) is 48.9 Å². The van der Waals surface area contributed by atoms with Gasteiger partial charge in [-0.05, 0) is 56.9 Å². The van der Waals surface area contributed by atoms with Crippen LogP contribution in [0.5, 0.6) is 5.75 Å². The second-order valence-electron chi connectivity index (χ2n) is 7.78. The Morgan fingerprint density at radius 2 is 2.25 bits per heavy atom. The first kappa shape index (κ1) is 23.4. The number of methoxy groups -OCH3 is 1. The maximum atomic E-state index is 5.36. The van der Waals surface area contributed by atoms with Gasteiger partial charge in [0.25, 0.3) is 0 Å². The minimum atomic E-state index is 0. The summed E-state index contributed by atoms with van der Waals surface area (Å²) in [5.41, 5.74) is 1.25. The fraction of sp³-hybridized carbons (Fsp3) is 0.667. The molecule has 2 saturated heterocycles. The largest absolute Gasteiger partial charge is 0.497 e. The summed E-state index contributed by atoms with van der Waals surface area (Å²) in [5.74, 6) is 3.80. The summed E-state index contributed by atoms with van der Waals surface area (Å²) >= 11 is 2.07. The van der Waals surface area contributed by atoms with Gasteiger partial charge in [-0.15, -0.1) is 24.0 Å². The number of ether oxygens (including phenoxy) is 1. The summed E-state index contributed by atoms with van der Waals surface area (Å²) in [6.07, 6.45) is 3.80. The molecule has 2 unspecified atom stereocenters. The standard InChI is InChI=1S/C21H34N4OS.HI/c1-4-22-20(24-16-21(2)10-6-12-27-21)23-14-17-9-11-25(15-17)18-7-5-8-19(13-18)26-3;/h5,7-8,13,17H,4,6,9-12,14-16H2,1-3H3,(H2,22,23,24);1H. The lowest BCUT2D eigenvalue weighted by Gasteiger charge is -2.22. The normalized spacial score (nSPS) is 24.8. The van der Waals surface area contributed by atoms with Gasteiger partial charge in [-0.2, -0.15) is 11.8 Å². The van der Waals surface area contributed by atoms with Gasteiger partial charge < -0.3 is 20.3 Å². The van der Waals surface area contributed by atoms with Crippen molar-refractivity contribution in [3.63, 3.8) is 0 Å². The molecule has 0 aliphatic carbocycles. The Morgan fingerprint density at radius 3 is 2.96 bits per heavy atom. The van der Waals surface area contributed by atoms with E-state index in [0.717, 1.165) is 44.4 Å². The third-order valence-corrected chi connectivity index (χ3v) is 7.00. The zero-order chi connectivity index (χ0) is 19.1. The number of halogens is 1. The zero-order valence-corrected chi connectivity index (χ0v) is 20.5. The van der Waals surface area contributed by atoms with Gasteiger partial charge in [0, 0.05) is 42.7 Å². The van der Waals surface area contributed by atoms with E-state index in [9.17, 15) is 0 Å². The molecule has 0 bridgehead atoms. The van der Waals surface area contributed by atoms with E-state index < -0.39 is 0 Å². The molecule has 2 aliphatic heterocycles. The molecule has 2 heterocycles. The van der Waals surface area contributed by atoms with Crippen LogP contribution in [0.4, 0.5) is 5.69 Å². The summed E-state index contributed by atoms with van der Waals surface area (Å²) in [4.78, 5) is 7.33. The molecule has 2 atom stereocenters.